The highest BCUT2D eigenvalue weighted by Gasteiger charge is 2.35. The summed E-state index contributed by atoms with van der Waals surface area (Å²) in [7, 11) is 1.70. The summed E-state index contributed by atoms with van der Waals surface area (Å²) in [5.74, 6) is 1.69. The maximum atomic E-state index is 6.21. The van der Waals surface area contributed by atoms with Gasteiger partial charge in [0.25, 0.3) is 0 Å². The van der Waals surface area contributed by atoms with Crippen LogP contribution in [0.25, 0.3) is 0 Å². The molecule has 2 aliphatic rings. The van der Waals surface area contributed by atoms with E-state index in [0.29, 0.717) is 12.6 Å². The molecule has 2 N–H and O–H groups in total. The molecule has 2 fully saturated rings. The molecule has 0 atom stereocenters. The Morgan fingerprint density at radius 1 is 1.14 bits per heavy atom. The first kappa shape index (κ1) is 16.1. The van der Waals surface area contributed by atoms with Gasteiger partial charge in [-0.1, -0.05) is 35.2 Å². The van der Waals surface area contributed by atoms with Gasteiger partial charge in [-0.05, 0) is 49.8 Å². The number of hydrogen-bond donors (Lipinski definition) is 1. The molecule has 0 saturated heterocycles. The van der Waals surface area contributed by atoms with Crippen molar-refractivity contribution in [2.24, 2.45) is 5.73 Å². The first-order valence-electron chi connectivity index (χ1n) is 8.43. The minimum Gasteiger partial charge on any atom is -0.493 e. The molecule has 0 spiro atoms. The van der Waals surface area contributed by atoms with Crippen molar-refractivity contribution in [3.63, 3.8) is 0 Å². The summed E-state index contributed by atoms with van der Waals surface area (Å²) in [5, 5.41) is 0. The van der Waals surface area contributed by atoms with Crippen LogP contribution in [0.2, 0.25) is 0 Å². The predicted molar refractivity (Wildman–Crippen MR) is 92.8 cm³/mol. The third kappa shape index (κ3) is 3.00. The molecule has 2 aliphatic carbocycles. The zero-order valence-electron chi connectivity index (χ0n) is 13.4. The average molecular weight is 368 g/mol. The van der Waals surface area contributed by atoms with Gasteiger partial charge < -0.3 is 15.2 Å². The Kier molecular flexibility index (Phi) is 4.98. The van der Waals surface area contributed by atoms with Crippen LogP contribution in [-0.4, -0.2) is 19.8 Å². The topological polar surface area (TPSA) is 44.5 Å². The molecule has 4 heteroatoms. The molecule has 3 nitrogen and oxygen atoms in total. The standard InChI is InChI=1S/C18H26BrNO2/c1-21-16-11-15(19)14(10-17(16)22-13-6-5-7-13)18(12-20)8-3-2-4-9-18/h10-11,13H,2-9,12,20H2,1H3. The molecule has 2 saturated carbocycles. The minimum atomic E-state index is 0.0844. The summed E-state index contributed by atoms with van der Waals surface area (Å²) in [4.78, 5) is 0. The molecular formula is C18H26BrNO2. The van der Waals surface area contributed by atoms with Crippen LogP contribution < -0.4 is 15.2 Å². The maximum absolute atomic E-state index is 6.21. The number of benzene rings is 1. The van der Waals surface area contributed by atoms with Gasteiger partial charge in [-0.25, -0.2) is 0 Å². The van der Waals surface area contributed by atoms with Gasteiger partial charge in [-0.3, -0.25) is 0 Å². The van der Waals surface area contributed by atoms with Gasteiger partial charge in [-0.15, -0.1) is 0 Å². The second-order valence-electron chi connectivity index (χ2n) is 6.70. The Bertz CT molecular complexity index is 522. The molecule has 3 rings (SSSR count). The molecular weight excluding hydrogens is 342 g/mol. The fourth-order valence-corrected chi connectivity index (χ4v) is 4.42. The van der Waals surface area contributed by atoms with Crippen LogP contribution in [0.5, 0.6) is 11.5 Å². The van der Waals surface area contributed by atoms with Gasteiger partial charge in [0.15, 0.2) is 11.5 Å². The summed E-state index contributed by atoms with van der Waals surface area (Å²) in [6.07, 6.45) is 10.1. The van der Waals surface area contributed by atoms with Crippen molar-refractivity contribution in [1.82, 2.24) is 0 Å². The number of nitrogens with two attached hydrogens (primary N) is 1. The Morgan fingerprint density at radius 3 is 2.41 bits per heavy atom. The molecule has 0 heterocycles. The highest BCUT2D eigenvalue weighted by Crippen LogP contribution is 2.46. The van der Waals surface area contributed by atoms with Crippen LogP contribution in [0, 0.1) is 0 Å². The molecule has 1 aromatic carbocycles. The van der Waals surface area contributed by atoms with E-state index in [2.05, 4.69) is 28.1 Å². The third-order valence-corrected chi connectivity index (χ3v) is 6.03. The van der Waals surface area contributed by atoms with E-state index in [1.807, 2.05) is 0 Å². The second kappa shape index (κ2) is 6.79. The fourth-order valence-electron chi connectivity index (χ4n) is 3.67. The lowest BCUT2D eigenvalue weighted by Gasteiger charge is -2.38. The van der Waals surface area contributed by atoms with Crippen LogP contribution in [0.15, 0.2) is 16.6 Å². The Hall–Kier alpha value is -0.740. The Labute approximate surface area is 141 Å². The molecule has 22 heavy (non-hydrogen) atoms. The zero-order chi connectivity index (χ0) is 15.6. The second-order valence-corrected chi connectivity index (χ2v) is 7.55. The first-order valence-corrected chi connectivity index (χ1v) is 9.22. The highest BCUT2D eigenvalue weighted by atomic mass is 79.9. The Balaban J connectivity index is 1.96. The van der Waals surface area contributed by atoms with E-state index in [9.17, 15) is 0 Å². The molecule has 0 unspecified atom stereocenters. The van der Waals surface area contributed by atoms with Crippen molar-refractivity contribution in [1.29, 1.82) is 0 Å². The third-order valence-electron chi connectivity index (χ3n) is 5.37. The lowest BCUT2D eigenvalue weighted by molar-refractivity contribution is 0.115. The molecule has 0 radical (unpaired) electrons. The quantitative estimate of drug-likeness (QED) is 0.829. The van der Waals surface area contributed by atoms with Crippen LogP contribution in [0.4, 0.5) is 0 Å². The van der Waals surface area contributed by atoms with Gasteiger partial charge in [0.1, 0.15) is 0 Å². The number of halogens is 1. The summed E-state index contributed by atoms with van der Waals surface area (Å²) in [6.45, 7) is 0.695. The lowest BCUT2D eigenvalue weighted by Crippen LogP contribution is -2.37. The van der Waals surface area contributed by atoms with Gasteiger partial charge >= 0.3 is 0 Å². The average Bonchev–Trinajstić information content (AvgIpc) is 2.52. The van der Waals surface area contributed by atoms with Crippen molar-refractivity contribution in [3.8, 4) is 11.5 Å². The summed E-state index contributed by atoms with van der Waals surface area (Å²) >= 11 is 3.74. The van der Waals surface area contributed by atoms with Gasteiger partial charge in [-0.2, -0.15) is 0 Å². The highest BCUT2D eigenvalue weighted by molar-refractivity contribution is 9.10. The number of rotatable bonds is 5. The van der Waals surface area contributed by atoms with E-state index in [0.717, 1.165) is 41.7 Å². The zero-order valence-corrected chi connectivity index (χ0v) is 15.0. The first-order chi connectivity index (χ1) is 10.7. The van der Waals surface area contributed by atoms with Crippen molar-refractivity contribution in [3.05, 3.63) is 22.2 Å². The van der Waals surface area contributed by atoms with Gasteiger partial charge in [0.05, 0.1) is 13.2 Å². The molecule has 0 aromatic heterocycles. The van der Waals surface area contributed by atoms with Crippen molar-refractivity contribution in [2.75, 3.05) is 13.7 Å². The number of methoxy groups -OCH3 is 1. The van der Waals surface area contributed by atoms with Crippen LogP contribution in [0.1, 0.15) is 56.9 Å². The van der Waals surface area contributed by atoms with E-state index < -0.39 is 0 Å². The molecule has 122 valence electrons. The Morgan fingerprint density at radius 2 is 1.86 bits per heavy atom. The van der Waals surface area contributed by atoms with Crippen LogP contribution in [-0.2, 0) is 5.41 Å². The summed E-state index contributed by atoms with van der Waals surface area (Å²) < 4.78 is 12.8. The van der Waals surface area contributed by atoms with E-state index in [1.54, 1.807) is 7.11 Å². The maximum Gasteiger partial charge on any atom is 0.161 e. The van der Waals surface area contributed by atoms with Crippen molar-refractivity contribution in [2.45, 2.75) is 62.9 Å². The lowest BCUT2D eigenvalue weighted by atomic mass is 9.69. The summed E-state index contributed by atoms with van der Waals surface area (Å²) in [5.41, 5.74) is 7.59. The molecule has 0 amide bonds. The smallest absolute Gasteiger partial charge is 0.161 e. The summed E-state index contributed by atoms with van der Waals surface area (Å²) in [6, 6.07) is 4.23. The molecule has 0 aliphatic heterocycles. The molecule has 1 aromatic rings. The SMILES string of the molecule is COc1cc(Br)c(C2(CN)CCCCC2)cc1OC1CCC1. The van der Waals surface area contributed by atoms with E-state index in [1.165, 1.54) is 31.2 Å². The van der Waals surface area contributed by atoms with Gasteiger partial charge in [0, 0.05) is 16.4 Å². The predicted octanol–water partition coefficient (Wildman–Crippen LogP) is 4.55. The molecule has 0 bridgehead atoms. The van der Waals surface area contributed by atoms with Crippen LogP contribution in [0.3, 0.4) is 0 Å². The van der Waals surface area contributed by atoms with E-state index in [-0.39, 0.29) is 5.41 Å². The van der Waals surface area contributed by atoms with E-state index >= 15 is 0 Å². The van der Waals surface area contributed by atoms with Crippen molar-refractivity contribution >= 4 is 15.9 Å². The van der Waals surface area contributed by atoms with Gasteiger partial charge in [0.2, 0.25) is 0 Å². The normalized spacial score (nSPS) is 21.2. The number of hydrogen-bond acceptors (Lipinski definition) is 3. The largest absolute Gasteiger partial charge is 0.493 e. The number of ether oxygens (including phenoxy) is 2. The monoisotopic (exact) mass is 367 g/mol. The van der Waals surface area contributed by atoms with E-state index in [4.69, 9.17) is 15.2 Å². The van der Waals surface area contributed by atoms with Crippen molar-refractivity contribution < 1.29 is 9.47 Å². The van der Waals surface area contributed by atoms with Crippen LogP contribution >= 0.6 is 15.9 Å². The fraction of sp³-hybridized carbons (Fsp3) is 0.667. The minimum absolute atomic E-state index is 0.0844.